The summed E-state index contributed by atoms with van der Waals surface area (Å²) in [5.41, 5.74) is 3.63. The van der Waals surface area contributed by atoms with Crippen LogP contribution in [0, 0.1) is 0 Å². The molecular formula is C25H22N2O2. The van der Waals surface area contributed by atoms with Crippen molar-refractivity contribution in [3.05, 3.63) is 102 Å². The number of aromatic nitrogens is 1. The Labute approximate surface area is 170 Å². The Kier molecular flexibility index (Phi) is 5.52. The number of carbonyl (C=O) groups is 1. The third-order valence-corrected chi connectivity index (χ3v) is 4.98. The molecule has 0 fully saturated rings. The molecule has 4 rings (SSSR count). The molecule has 1 N–H and O–H groups in total. The first-order valence-electron chi connectivity index (χ1n) is 9.57. The topological polar surface area (TPSA) is 51.2 Å². The van der Waals surface area contributed by atoms with E-state index in [1.165, 1.54) is 0 Å². The summed E-state index contributed by atoms with van der Waals surface area (Å²) in [6.45, 7) is 0. The van der Waals surface area contributed by atoms with Gasteiger partial charge in [0.15, 0.2) is 0 Å². The van der Waals surface area contributed by atoms with Crippen molar-refractivity contribution in [1.29, 1.82) is 0 Å². The number of hydrogen-bond donors (Lipinski definition) is 1. The molecule has 4 heteroatoms. The number of nitrogens with one attached hydrogen (secondary N) is 1. The van der Waals surface area contributed by atoms with Gasteiger partial charge >= 0.3 is 0 Å². The van der Waals surface area contributed by atoms with Crippen LogP contribution in [0.3, 0.4) is 0 Å². The number of carbonyl (C=O) groups excluding carboxylic acids is 1. The van der Waals surface area contributed by atoms with E-state index in [1.807, 2.05) is 60.7 Å². The number of methoxy groups -OCH3 is 1. The minimum absolute atomic E-state index is 0.0257. The van der Waals surface area contributed by atoms with Gasteiger partial charge in [-0.3, -0.25) is 9.78 Å². The summed E-state index contributed by atoms with van der Waals surface area (Å²) in [6.07, 6.45) is 2.06. The van der Waals surface area contributed by atoms with Gasteiger partial charge in [-0.15, -0.1) is 0 Å². The number of hydrogen-bond acceptors (Lipinski definition) is 3. The van der Waals surface area contributed by atoms with Crippen LogP contribution < -0.4 is 10.1 Å². The standard InChI is InChI=1S/C25H22N2O2/c1-29-21-15-20-13-8-14-26-25(20)23(16-21)27-24(28)17-22(18-9-4-2-5-10-18)19-11-6-3-7-12-19/h2-16,22H,17H2,1H3,(H,27,28). The maximum atomic E-state index is 13.0. The van der Waals surface area contributed by atoms with Crippen LogP contribution in [0.25, 0.3) is 10.9 Å². The fraction of sp³-hybridized carbons (Fsp3) is 0.120. The second-order valence-electron chi connectivity index (χ2n) is 6.88. The average Bonchev–Trinajstić information content (AvgIpc) is 2.78. The third kappa shape index (κ3) is 4.27. The molecule has 3 aromatic carbocycles. The van der Waals surface area contributed by atoms with Crippen molar-refractivity contribution in [3.8, 4) is 5.75 Å². The van der Waals surface area contributed by atoms with Crippen LogP contribution >= 0.6 is 0 Å². The lowest BCUT2D eigenvalue weighted by Gasteiger charge is -2.18. The Hall–Kier alpha value is -3.66. The first-order chi connectivity index (χ1) is 14.2. The summed E-state index contributed by atoms with van der Waals surface area (Å²) in [6, 6.07) is 27.8. The Morgan fingerprint density at radius 1 is 0.931 bits per heavy atom. The van der Waals surface area contributed by atoms with E-state index in [9.17, 15) is 4.79 Å². The molecule has 0 bridgehead atoms. The Morgan fingerprint density at radius 3 is 2.21 bits per heavy atom. The van der Waals surface area contributed by atoms with Gasteiger partial charge in [-0.25, -0.2) is 0 Å². The molecule has 0 saturated carbocycles. The second kappa shape index (κ2) is 8.57. The molecule has 0 saturated heterocycles. The first kappa shape index (κ1) is 18.7. The number of rotatable bonds is 6. The van der Waals surface area contributed by atoms with Crippen molar-refractivity contribution in [1.82, 2.24) is 4.98 Å². The van der Waals surface area contributed by atoms with E-state index in [0.717, 1.165) is 22.0 Å². The maximum Gasteiger partial charge on any atom is 0.225 e. The van der Waals surface area contributed by atoms with E-state index in [0.29, 0.717) is 17.9 Å². The van der Waals surface area contributed by atoms with Gasteiger partial charge in [0.25, 0.3) is 0 Å². The van der Waals surface area contributed by atoms with E-state index in [1.54, 1.807) is 13.3 Å². The lowest BCUT2D eigenvalue weighted by molar-refractivity contribution is -0.116. The van der Waals surface area contributed by atoms with Crippen molar-refractivity contribution in [2.45, 2.75) is 12.3 Å². The monoisotopic (exact) mass is 382 g/mol. The van der Waals surface area contributed by atoms with Crippen LogP contribution in [0.5, 0.6) is 5.75 Å². The zero-order chi connectivity index (χ0) is 20.1. The zero-order valence-electron chi connectivity index (χ0n) is 16.2. The van der Waals surface area contributed by atoms with Crippen molar-refractivity contribution < 1.29 is 9.53 Å². The molecular weight excluding hydrogens is 360 g/mol. The highest BCUT2D eigenvalue weighted by atomic mass is 16.5. The van der Waals surface area contributed by atoms with Gasteiger partial charge in [0.05, 0.1) is 18.3 Å². The zero-order valence-corrected chi connectivity index (χ0v) is 16.2. The van der Waals surface area contributed by atoms with Crippen LogP contribution in [0.4, 0.5) is 5.69 Å². The molecule has 4 nitrogen and oxygen atoms in total. The van der Waals surface area contributed by atoms with Gasteiger partial charge in [-0.05, 0) is 23.3 Å². The van der Waals surface area contributed by atoms with E-state index >= 15 is 0 Å². The number of fused-ring (bicyclic) bond motifs is 1. The maximum absolute atomic E-state index is 13.0. The lowest BCUT2D eigenvalue weighted by Crippen LogP contribution is -2.17. The summed E-state index contributed by atoms with van der Waals surface area (Å²) in [5.74, 6) is 0.591. The molecule has 144 valence electrons. The average molecular weight is 382 g/mol. The van der Waals surface area contributed by atoms with Crippen LogP contribution in [0.1, 0.15) is 23.5 Å². The highest BCUT2D eigenvalue weighted by Crippen LogP contribution is 2.31. The molecule has 0 spiro atoms. The number of nitrogens with zero attached hydrogens (tertiary/aromatic N) is 1. The van der Waals surface area contributed by atoms with Gasteiger partial charge < -0.3 is 10.1 Å². The van der Waals surface area contributed by atoms with E-state index in [-0.39, 0.29) is 11.8 Å². The lowest BCUT2D eigenvalue weighted by atomic mass is 9.88. The van der Waals surface area contributed by atoms with Gasteiger partial charge in [-0.2, -0.15) is 0 Å². The summed E-state index contributed by atoms with van der Waals surface area (Å²) in [4.78, 5) is 17.5. The van der Waals surface area contributed by atoms with E-state index < -0.39 is 0 Å². The van der Waals surface area contributed by atoms with E-state index in [2.05, 4.69) is 34.6 Å². The van der Waals surface area contributed by atoms with Crippen molar-refractivity contribution in [2.24, 2.45) is 0 Å². The highest BCUT2D eigenvalue weighted by Gasteiger charge is 2.19. The molecule has 4 aromatic rings. The molecule has 0 unspecified atom stereocenters. The van der Waals surface area contributed by atoms with Gasteiger partial charge in [-0.1, -0.05) is 66.7 Å². The molecule has 1 amide bonds. The number of anilines is 1. The first-order valence-corrected chi connectivity index (χ1v) is 9.57. The summed E-state index contributed by atoms with van der Waals surface area (Å²) in [5, 5.41) is 3.97. The molecule has 0 aliphatic carbocycles. The number of benzene rings is 3. The quantitative estimate of drug-likeness (QED) is 0.485. The number of pyridine rings is 1. The Morgan fingerprint density at radius 2 is 1.59 bits per heavy atom. The van der Waals surface area contributed by atoms with Gasteiger partial charge in [0, 0.05) is 30.0 Å². The number of ether oxygens (including phenoxy) is 1. The summed E-state index contributed by atoms with van der Waals surface area (Å²) < 4.78 is 5.39. The molecule has 0 aliphatic rings. The number of amides is 1. The largest absolute Gasteiger partial charge is 0.497 e. The summed E-state index contributed by atoms with van der Waals surface area (Å²) in [7, 11) is 1.62. The molecule has 29 heavy (non-hydrogen) atoms. The Bertz CT molecular complexity index is 1070. The smallest absolute Gasteiger partial charge is 0.225 e. The highest BCUT2D eigenvalue weighted by molar-refractivity contribution is 6.01. The predicted molar refractivity (Wildman–Crippen MR) is 116 cm³/mol. The van der Waals surface area contributed by atoms with Crippen LogP contribution in [0.2, 0.25) is 0 Å². The van der Waals surface area contributed by atoms with Crippen LogP contribution in [-0.2, 0) is 4.79 Å². The minimum atomic E-state index is -0.0667. The van der Waals surface area contributed by atoms with Gasteiger partial charge in [0.2, 0.25) is 5.91 Å². The molecule has 0 aliphatic heterocycles. The van der Waals surface area contributed by atoms with Crippen molar-refractivity contribution in [3.63, 3.8) is 0 Å². The van der Waals surface area contributed by atoms with Crippen molar-refractivity contribution in [2.75, 3.05) is 12.4 Å². The Balaban J connectivity index is 1.63. The third-order valence-electron chi connectivity index (χ3n) is 4.98. The predicted octanol–water partition coefficient (Wildman–Crippen LogP) is 5.40. The molecule has 0 atom stereocenters. The van der Waals surface area contributed by atoms with Crippen LogP contribution in [0.15, 0.2) is 91.1 Å². The SMILES string of the molecule is COc1cc(NC(=O)CC(c2ccccc2)c2ccccc2)c2ncccc2c1. The fourth-order valence-electron chi connectivity index (χ4n) is 3.56. The van der Waals surface area contributed by atoms with Crippen LogP contribution in [-0.4, -0.2) is 18.0 Å². The minimum Gasteiger partial charge on any atom is -0.497 e. The van der Waals surface area contributed by atoms with Crippen molar-refractivity contribution >= 4 is 22.5 Å². The molecule has 1 aromatic heterocycles. The normalized spacial score (nSPS) is 10.8. The molecule has 0 radical (unpaired) electrons. The van der Waals surface area contributed by atoms with Gasteiger partial charge in [0.1, 0.15) is 5.75 Å². The van der Waals surface area contributed by atoms with E-state index in [4.69, 9.17) is 4.74 Å². The summed E-state index contributed by atoms with van der Waals surface area (Å²) >= 11 is 0. The molecule has 1 heterocycles. The fourth-order valence-corrected chi connectivity index (χ4v) is 3.56. The second-order valence-corrected chi connectivity index (χ2v) is 6.88.